The van der Waals surface area contributed by atoms with Crippen LogP contribution in [0.5, 0.6) is 0 Å². The Balaban J connectivity index is 2.81. The fourth-order valence-electron chi connectivity index (χ4n) is 1.76. The van der Waals surface area contributed by atoms with Crippen molar-refractivity contribution in [2.24, 2.45) is 5.73 Å². The molecule has 5 nitrogen and oxygen atoms in total. The van der Waals surface area contributed by atoms with Gasteiger partial charge in [0.05, 0.1) is 4.90 Å². The second-order valence-corrected chi connectivity index (χ2v) is 7.00. The molecule has 0 bridgehead atoms. The monoisotopic (exact) mass is 334 g/mol. The first kappa shape index (κ1) is 18.5. The van der Waals surface area contributed by atoms with Gasteiger partial charge in [0, 0.05) is 17.6 Å². The Morgan fingerprint density at radius 1 is 1.23 bits per heavy atom. The lowest BCUT2D eigenvalue weighted by atomic mass is 9.94. The maximum absolute atomic E-state index is 12.4. The zero-order chi connectivity index (χ0) is 17.0. The van der Waals surface area contributed by atoms with Gasteiger partial charge in [0.25, 0.3) is 5.91 Å². The van der Waals surface area contributed by atoms with E-state index in [1.165, 1.54) is 12.1 Å². The number of alkyl halides is 2. The molecule has 22 heavy (non-hydrogen) atoms. The molecule has 0 aromatic heterocycles. The summed E-state index contributed by atoms with van der Waals surface area (Å²) in [4.78, 5) is 11.4. The van der Waals surface area contributed by atoms with E-state index in [1.54, 1.807) is 0 Å². The molecule has 0 heterocycles. The SMILES string of the molecule is CCC(N)(CC)CNC(=O)c1ccc(S(=O)(=O)C(F)F)cc1. The highest BCUT2D eigenvalue weighted by Gasteiger charge is 2.26. The lowest BCUT2D eigenvalue weighted by Gasteiger charge is -2.26. The highest BCUT2D eigenvalue weighted by atomic mass is 32.2. The van der Waals surface area contributed by atoms with E-state index in [4.69, 9.17) is 5.73 Å². The Labute approximate surface area is 128 Å². The third kappa shape index (κ3) is 4.23. The van der Waals surface area contributed by atoms with Gasteiger partial charge in [-0.15, -0.1) is 0 Å². The molecule has 1 amide bonds. The second-order valence-electron chi connectivity index (χ2n) is 5.08. The minimum atomic E-state index is -4.65. The first-order valence-electron chi connectivity index (χ1n) is 6.85. The number of carbonyl (C=O) groups excluding carboxylic acids is 1. The van der Waals surface area contributed by atoms with E-state index in [1.807, 2.05) is 13.8 Å². The molecule has 1 rings (SSSR count). The summed E-state index contributed by atoms with van der Waals surface area (Å²) in [6, 6.07) is 4.37. The van der Waals surface area contributed by atoms with E-state index in [0.29, 0.717) is 12.8 Å². The highest BCUT2D eigenvalue weighted by Crippen LogP contribution is 2.18. The van der Waals surface area contributed by atoms with Gasteiger partial charge < -0.3 is 11.1 Å². The topological polar surface area (TPSA) is 89.3 Å². The van der Waals surface area contributed by atoms with Crippen molar-refractivity contribution in [1.82, 2.24) is 5.32 Å². The number of carbonyl (C=O) groups is 1. The number of sulfone groups is 1. The van der Waals surface area contributed by atoms with Crippen molar-refractivity contribution in [3.05, 3.63) is 29.8 Å². The molecular formula is C14H20F2N2O3S. The summed E-state index contributed by atoms with van der Waals surface area (Å²) in [5.41, 5.74) is 5.74. The van der Waals surface area contributed by atoms with Gasteiger partial charge in [0.2, 0.25) is 9.84 Å². The van der Waals surface area contributed by atoms with E-state index in [-0.39, 0.29) is 12.1 Å². The molecule has 0 atom stereocenters. The molecule has 8 heteroatoms. The lowest BCUT2D eigenvalue weighted by molar-refractivity contribution is 0.0942. The maximum Gasteiger partial charge on any atom is 0.341 e. The van der Waals surface area contributed by atoms with Gasteiger partial charge >= 0.3 is 5.76 Å². The maximum atomic E-state index is 12.4. The first-order valence-corrected chi connectivity index (χ1v) is 8.40. The zero-order valence-corrected chi connectivity index (χ0v) is 13.3. The average Bonchev–Trinajstić information content (AvgIpc) is 2.52. The number of rotatable bonds is 7. The molecule has 0 saturated carbocycles. The number of nitrogens with two attached hydrogens (primary N) is 1. The van der Waals surface area contributed by atoms with Gasteiger partial charge in [-0.3, -0.25) is 4.79 Å². The average molecular weight is 334 g/mol. The van der Waals surface area contributed by atoms with Gasteiger partial charge in [-0.05, 0) is 37.1 Å². The summed E-state index contributed by atoms with van der Waals surface area (Å²) in [7, 11) is -4.65. The molecule has 3 N–H and O–H groups in total. The predicted octanol–water partition coefficient (Wildman–Crippen LogP) is 1.93. The molecule has 1 aromatic carbocycles. The summed E-state index contributed by atoms with van der Waals surface area (Å²) >= 11 is 0. The minimum absolute atomic E-state index is 0.183. The number of benzene rings is 1. The van der Waals surface area contributed by atoms with E-state index < -0.39 is 31.9 Å². The standard InChI is InChI=1S/C14H20F2N2O3S/c1-3-14(17,4-2)9-18-12(19)10-5-7-11(8-6-10)22(20,21)13(15)16/h5-8,13H,3-4,9,17H2,1-2H3,(H,18,19). The van der Waals surface area contributed by atoms with Crippen LogP contribution < -0.4 is 11.1 Å². The zero-order valence-electron chi connectivity index (χ0n) is 12.5. The summed E-state index contributed by atoms with van der Waals surface area (Å²) in [5, 5.41) is 2.66. The van der Waals surface area contributed by atoms with Crippen molar-refractivity contribution >= 4 is 15.7 Å². The van der Waals surface area contributed by atoms with Crippen LogP contribution in [0.15, 0.2) is 29.2 Å². The number of hydrogen-bond donors (Lipinski definition) is 2. The van der Waals surface area contributed by atoms with Gasteiger partial charge in [0.1, 0.15) is 0 Å². The molecule has 0 aliphatic carbocycles. The predicted molar refractivity (Wildman–Crippen MR) is 79.5 cm³/mol. The Morgan fingerprint density at radius 2 is 1.73 bits per heavy atom. The van der Waals surface area contributed by atoms with Crippen LogP contribution in [-0.4, -0.2) is 32.2 Å². The lowest BCUT2D eigenvalue weighted by Crippen LogP contribution is -2.49. The summed E-state index contributed by atoms with van der Waals surface area (Å²) < 4.78 is 47.4. The third-order valence-electron chi connectivity index (χ3n) is 3.69. The van der Waals surface area contributed by atoms with E-state index in [0.717, 1.165) is 12.1 Å². The fraction of sp³-hybridized carbons (Fsp3) is 0.500. The Kier molecular flexibility index (Phi) is 6.01. The molecule has 0 spiro atoms. The van der Waals surface area contributed by atoms with Crippen molar-refractivity contribution in [1.29, 1.82) is 0 Å². The fourth-order valence-corrected chi connectivity index (χ4v) is 2.48. The van der Waals surface area contributed by atoms with Gasteiger partial charge in [-0.25, -0.2) is 8.42 Å². The molecule has 0 aliphatic rings. The van der Waals surface area contributed by atoms with Gasteiger partial charge in [0.15, 0.2) is 0 Å². The first-order chi connectivity index (χ1) is 10.2. The number of nitrogens with one attached hydrogen (secondary N) is 1. The Morgan fingerprint density at radius 3 is 2.14 bits per heavy atom. The van der Waals surface area contributed by atoms with Gasteiger partial charge in [-0.1, -0.05) is 13.8 Å². The van der Waals surface area contributed by atoms with Crippen LogP contribution in [0.4, 0.5) is 8.78 Å². The molecule has 0 aliphatic heterocycles. The smallest absolute Gasteiger partial charge is 0.341 e. The summed E-state index contributed by atoms with van der Waals surface area (Å²) in [6.07, 6.45) is 1.38. The van der Waals surface area contributed by atoms with Crippen LogP contribution in [0.3, 0.4) is 0 Å². The normalized spacial score (nSPS) is 12.5. The Bertz CT molecular complexity index is 611. The third-order valence-corrected chi connectivity index (χ3v) is 5.09. The van der Waals surface area contributed by atoms with Crippen LogP contribution in [0.2, 0.25) is 0 Å². The van der Waals surface area contributed by atoms with Crippen LogP contribution in [0, 0.1) is 0 Å². The molecule has 0 saturated heterocycles. The number of hydrogen-bond acceptors (Lipinski definition) is 4. The quantitative estimate of drug-likeness (QED) is 0.797. The molecule has 0 radical (unpaired) electrons. The van der Waals surface area contributed by atoms with Crippen LogP contribution >= 0.6 is 0 Å². The van der Waals surface area contributed by atoms with Gasteiger partial charge in [-0.2, -0.15) is 8.78 Å². The number of amides is 1. The second kappa shape index (κ2) is 7.15. The largest absolute Gasteiger partial charge is 0.350 e. The van der Waals surface area contributed by atoms with Crippen molar-refractivity contribution in [2.75, 3.05) is 6.54 Å². The highest BCUT2D eigenvalue weighted by molar-refractivity contribution is 7.91. The van der Waals surface area contributed by atoms with E-state index >= 15 is 0 Å². The molecule has 0 unspecified atom stereocenters. The summed E-state index contributed by atoms with van der Waals surface area (Å²) in [6.45, 7) is 4.11. The van der Waals surface area contributed by atoms with Crippen LogP contribution in [-0.2, 0) is 9.84 Å². The molecular weight excluding hydrogens is 314 g/mol. The molecule has 124 valence electrons. The van der Waals surface area contributed by atoms with Crippen LogP contribution in [0.1, 0.15) is 37.0 Å². The van der Waals surface area contributed by atoms with Crippen molar-refractivity contribution in [3.63, 3.8) is 0 Å². The van der Waals surface area contributed by atoms with E-state index in [2.05, 4.69) is 5.32 Å². The van der Waals surface area contributed by atoms with Crippen LogP contribution in [0.25, 0.3) is 0 Å². The summed E-state index contributed by atoms with van der Waals surface area (Å²) in [5.74, 6) is -3.92. The van der Waals surface area contributed by atoms with Crippen molar-refractivity contribution < 1.29 is 22.0 Å². The minimum Gasteiger partial charge on any atom is -0.350 e. The van der Waals surface area contributed by atoms with E-state index in [9.17, 15) is 22.0 Å². The van der Waals surface area contributed by atoms with Crippen molar-refractivity contribution in [3.8, 4) is 0 Å². The number of halogens is 2. The molecule has 0 fully saturated rings. The molecule has 1 aromatic rings. The van der Waals surface area contributed by atoms with Crippen molar-refractivity contribution in [2.45, 2.75) is 42.9 Å². The Hall–Kier alpha value is -1.54.